The zero-order valence-electron chi connectivity index (χ0n) is 29.0. The second-order valence-electron chi connectivity index (χ2n) is 14.7. The molecule has 0 aromatic rings. The Morgan fingerprint density at radius 1 is 0.795 bits per heavy atom. The molecule has 0 spiro atoms. The van der Waals surface area contributed by atoms with Crippen LogP contribution in [0.15, 0.2) is 0 Å². The SMILES string of the molecule is CCC[C@H](C[C@@H]1CC[C@H]([C@@H](C)[C@H]2C[C@@H]3CC[C@@H](O3)[C@H](CC)C(=O)O[C@@H](CCC)[C@H](C)[C@@H]3CC[C@@H](O3)[C@H](C)C(=O)O2)O1)N(C)C. The van der Waals surface area contributed by atoms with Crippen LogP contribution >= 0.6 is 0 Å². The predicted octanol–water partition coefficient (Wildman–Crippen LogP) is 6.71. The Morgan fingerprint density at radius 2 is 1.52 bits per heavy atom. The number of hydrogen-bond donors (Lipinski definition) is 0. The molecule has 4 aliphatic rings. The molecule has 0 aromatic carbocycles. The normalized spacial score (nSPS) is 40.2. The number of rotatable bonds is 10. The van der Waals surface area contributed by atoms with E-state index in [1.165, 1.54) is 6.42 Å². The minimum Gasteiger partial charge on any atom is -0.462 e. The van der Waals surface area contributed by atoms with Crippen LogP contribution in [-0.2, 0) is 33.3 Å². The monoisotopic (exact) mass is 621 g/mol. The third-order valence-corrected chi connectivity index (χ3v) is 11.3. The summed E-state index contributed by atoms with van der Waals surface area (Å²) in [4.78, 5) is 29.6. The fraction of sp³-hybridized carbons (Fsp3) is 0.944. The van der Waals surface area contributed by atoms with Crippen LogP contribution in [0.1, 0.15) is 125 Å². The van der Waals surface area contributed by atoms with Crippen LogP contribution in [-0.4, -0.2) is 85.8 Å². The molecule has 4 rings (SSSR count). The highest BCUT2D eigenvalue weighted by atomic mass is 16.6. The van der Waals surface area contributed by atoms with Crippen LogP contribution in [0.3, 0.4) is 0 Å². The molecule has 254 valence electrons. The number of ether oxygens (including phenoxy) is 5. The van der Waals surface area contributed by atoms with Crippen molar-refractivity contribution in [3.8, 4) is 0 Å². The van der Waals surface area contributed by atoms with E-state index in [1.54, 1.807) is 0 Å². The van der Waals surface area contributed by atoms with Gasteiger partial charge in [0.2, 0.25) is 0 Å². The molecule has 4 heterocycles. The number of hydrogen-bond acceptors (Lipinski definition) is 8. The van der Waals surface area contributed by atoms with E-state index in [0.29, 0.717) is 18.9 Å². The Labute approximate surface area is 267 Å². The number of carbonyl (C=O) groups excluding carboxylic acids is 2. The molecule has 4 fully saturated rings. The summed E-state index contributed by atoms with van der Waals surface area (Å²) in [5.41, 5.74) is 0. The molecule has 0 saturated carbocycles. The lowest BCUT2D eigenvalue weighted by Crippen LogP contribution is -2.41. The van der Waals surface area contributed by atoms with E-state index in [4.69, 9.17) is 23.7 Å². The van der Waals surface area contributed by atoms with Gasteiger partial charge in [-0.25, -0.2) is 0 Å². The van der Waals surface area contributed by atoms with Crippen LogP contribution in [0.2, 0.25) is 0 Å². The van der Waals surface area contributed by atoms with Gasteiger partial charge in [-0.15, -0.1) is 0 Å². The first-order valence-corrected chi connectivity index (χ1v) is 18.1. The molecule has 8 heteroatoms. The van der Waals surface area contributed by atoms with Gasteiger partial charge >= 0.3 is 11.9 Å². The lowest BCUT2D eigenvalue weighted by molar-refractivity contribution is -0.172. The first-order chi connectivity index (χ1) is 21.1. The van der Waals surface area contributed by atoms with Gasteiger partial charge in [0.05, 0.1) is 48.5 Å². The Bertz CT molecular complexity index is 913. The lowest BCUT2D eigenvalue weighted by Gasteiger charge is -2.34. The van der Waals surface area contributed by atoms with Crippen LogP contribution < -0.4 is 0 Å². The van der Waals surface area contributed by atoms with Gasteiger partial charge in [0, 0.05) is 24.3 Å². The minimum atomic E-state index is -0.365. The highest BCUT2D eigenvalue weighted by Crippen LogP contribution is 2.39. The highest BCUT2D eigenvalue weighted by Gasteiger charge is 2.44. The number of fused-ring (bicyclic) bond motifs is 4. The molecule has 44 heavy (non-hydrogen) atoms. The van der Waals surface area contributed by atoms with Gasteiger partial charge in [-0.05, 0) is 85.2 Å². The minimum absolute atomic E-state index is 0.0423. The molecular weight excluding hydrogens is 558 g/mol. The Hall–Kier alpha value is -1.22. The van der Waals surface area contributed by atoms with Gasteiger partial charge in [-0.3, -0.25) is 9.59 Å². The molecule has 0 N–H and O–H groups in total. The van der Waals surface area contributed by atoms with Gasteiger partial charge < -0.3 is 28.6 Å². The van der Waals surface area contributed by atoms with Crippen LogP contribution in [0.5, 0.6) is 0 Å². The third kappa shape index (κ3) is 8.77. The zero-order chi connectivity index (χ0) is 32.0. The van der Waals surface area contributed by atoms with Crippen LogP contribution in [0.4, 0.5) is 0 Å². The number of esters is 2. The van der Waals surface area contributed by atoms with Gasteiger partial charge in [0.1, 0.15) is 12.2 Å². The summed E-state index contributed by atoms with van der Waals surface area (Å²) < 4.78 is 32.4. The number of carbonyl (C=O) groups is 2. The molecule has 0 aliphatic carbocycles. The summed E-state index contributed by atoms with van der Waals surface area (Å²) in [7, 11) is 4.32. The smallest absolute Gasteiger partial charge is 0.311 e. The topological polar surface area (TPSA) is 83.5 Å². The molecule has 0 radical (unpaired) electrons. The van der Waals surface area contributed by atoms with Crippen molar-refractivity contribution in [1.29, 1.82) is 0 Å². The maximum absolute atomic E-state index is 13.7. The predicted molar refractivity (Wildman–Crippen MR) is 171 cm³/mol. The van der Waals surface area contributed by atoms with Gasteiger partial charge in [0.15, 0.2) is 0 Å². The number of nitrogens with zero attached hydrogens (tertiary/aromatic N) is 1. The standard InChI is InChI=1S/C36H63NO7/c1-9-12-25(37(7)8)20-26-14-16-30(40-26)23(5)34-21-27-15-17-33(41-27)28(11-3)36(39)43-29(13-10-2)22(4)31-18-19-32(42-31)24(6)35(38)44-34/h22-34H,9-21H2,1-8H3/t22-,23+,24-,25+,26-,27-,28-,29-,30+,31-,32+,33+,34+/m0/s1. The quantitative estimate of drug-likeness (QED) is 0.249. The Kier molecular flexibility index (Phi) is 13.4. The summed E-state index contributed by atoms with van der Waals surface area (Å²) in [6.07, 6.45) is 11.0. The van der Waals surface area contributed by atoms with Crippen molar-refractivity contribution in [3.05, 3.63) is 0 Å². The fourth-order valence-corrected chi connectivity index (χ4v) is 8.21. The van der Waals surface area contributed by atoms with Crippen molar-refractivity contribution in [2.24, 2.45) is 23.7 Å². The molecule has 4 saturated heterocycles. The third-order valence-electron chi connectivity index (χ3n) is 11.3. The summed E-state index contributed by atoms with van der Waals surface area (Å²) in [5.74, 6) is -0.882. The fourth-order valence-electron chi connectivity index (χ4n) is 8.21. The summed E-state index contributed by atoms with van der Waals surface area (Å²) in [6, 6.07) is 0.512. The van der Waals surface area contributed by atoms with E-state index in [9.17, 15) is 9.59 Å². The number of cyclic esters (lactones) is 2. The van der Waals surface area contributed by atoms with Crippen LogP contribution in [0.25, 0.3) is 0 Å². The molecule has 4 bridgehead atoms. The van der Waals surface area contributed by atoms with Crippen molar-refractivity contribution in [3.63, 3.8) is 0 Å². The van der Waals surface area contributed by atoms with Crippen molar-refractivity contribution in [2.45, 2.75) is 180 Å². The maximum atomic E-state index is 13.7. The first kappa shape index (κ1) is 35.6. The van der Waals surface area contributed by atoms with Gasteiger partial charge in [-0.1, -0.05) is 47.5 Å². The second-order valence-corrected chi connectivity index (χ2v) is 14.7. The zero-order valence-corrected chi connectivity index (χ0v) is 29.0. The highest BCUT2D eigenvalue weighted by molar-refractivity contribution is 5.73. The van der Waals surface area contributed by atoms with E-state index < -0.39 is 0 Å². The first-order valence-electron chi connectivity index (χ1n) is 18.1. The second kappa shape index (κ2) is 16.6. The van der Waals surface area contributed by atoms with Gasteiger partial charge in [0.25, 0.3) is 0 Å². The van der Waals surface area contributed by atoms with Gasteiger partial charge in [-0.2, -0.15) is 0 Å². The van der Waals surface area contributed by atoms with Crippen molar-refractivity contribution in [1.82, 2.24) is 4.90 Å². The maximum Gasteiger partial charge on any atom is 0.311 e. The molecule has 8 nitrogen and oxygen atoms in total. The van der Waals surface area contributed by atoms with E-state index >= 15 is 0 Å². The molecule has 0 amide bonds. The summed E-state index contributed by atoms with van der Waals surface area (Å²) in [6.45, 7) is 12.7. The average Bonchev–Trinajstić information content (AvgIpc) is 3.77. The van der Waals surface area contributed by atoms with Crippen molar-refractivity contribution in [2.75, 3.05) is 14.1 Å². The molecular formula is C36H63NO7. The van der Waals surface area contributed by atoms with E-state index in [-0.39, 0.29) is 84.4 Å². The Balaban J connectivity index is 1.51. The molecule has 0 aromatic heterocycles. The molecule has 0 unspecified atom stereocenters. The van der Waals surface area contributed by atoms with E-state index in [2.05, 4.69) is 46.7 Å². The molecule has 13 atom stereocenters. The van der Waals surface area contributed by atoms with Crippen molar-refractivity contribution < 1.29 is 33.3 Å². The van der Waals surface area contributed by atoms with E-state index in [0.717, 1.165) is 64.2 Å². The summed E-state index contributed by atoms with van der Waals surface area (Å²) >= 11 is 0. The summed E-state index contributed by atoms with van der Waals surface area (Å²) in [5, 5.41) is 0. The largest absolute Gasteiger partial charge is 0.462 e. The lowest BCUT2D eigenvalue weighted by atomic mass is 9.90. The Morgan fingerprint density at radius 3 is 2.20 bits per heavy atom. The van der Waals surface area contributed by atoms with Crippen molar-refractivity contribution >= 4 is 11.9 Å². The van der Waals surface area contributed by atoms with E-state index in [1.807, 2.05) is 13.8 Å². The average molecular weight is 622 g/mol. The molecule has 4 aliphatic heterocycles. The van der Waals surface area contributed by atoms with Crippen LogP contribution in [0, 0.1) is 23.7 Å².